The molecule has 2 aromatic rings. The third-order valence-corrected chi connectivity index (χ3v) is 4.76. The van der Waals surface area contributed by atoms with Crippen molar-refractivity contribution < 1.29 is 0 Å². The van der Waals surface area contributed by atoms with Crippen LogP contribution in [0, 0.1) is 6.92 Å². The first-order valence-electron chi connectivity index (χ1n) is 8.50. The molecule has 0 radical (unpaired) electrons. The third kappa shape index (κ3) is 3.58. The van der Waals surface area contributed by atoms with Crippen molar-refractivity contribution in [3.63, 3.8) is 0 Å². The number of hydrogen-bond donors (Lipinski definition) is 0. The lowest BCUT2D eigenvalue weighted by Gasteiger charge is -2.35. The van der Waals surface area contributed by atoms with Gasteiger partial charge in [0.25, 0.3) is 0 Å². The Balaban J connectivity index is 1.59. The van der Waals surface area contributed by atoms with Gasteiger partial charge in [0.15, 0.2) is 0 Å². The molecule has 0 aliphatic carbocycles. The molecule has 5 nitrogen and oxygen atoms in total. The number of likely N-dealkylation sites (tertiary alicyclic amines) is 1. The molecule has 0 N–H and O–H groups in total. The van der Waals surface area contributed by atoms with E-state index in [9.17, 15) is 0 Å². The molecule has 2 aromatic heterocycles. The molecule has 0 aromatic carbocycles. The maximum atomic E-state index is 4.64. The topological polar surface area (TPSA) is 38.9 Å². The average Bonchev–Trinajstić information content (AvgIpc) is 3.15. The number of imidazole rings is 1. The van der Waals surface area contributed by atoms with Crippen LogP contribution in [0.15, 0.2) is 24.7 Å². The predicted molar refractivity (Wildman–Crippen MR) is 87.5 cm³/mol. The Hall–Kier alpha value is -1.62. The molecule has 0 saturated carbocycles. The molecule has 1 unspecified atom stereocenters. The molecular formula is C17H27N5. The van der Waals surface area contributed by atoms with Crippen LogP contribution >= 0.6 is 0 Å². The summed E-state index contributed by atoms with van der Waals surface area (Å²) < 4.78 is 4.28. The fourth-order valence-corrected chi connectivity index (χ4v) is 3.40. The van der Waals surface area contributed by atoms with E-state index in [-0.39, 0.29) is 0 Å². The summed E-state index contributed by atoms with van der Waals surface area (Å²) in [6, 6.07) is 2.83. The van der Waals surface area contributed by atoms with Crippen LogP contribution in [0.4, 0.5) is 0 Å². The molecule has 3 heterocycles. The Bertz CT molecular complexity index is 585. The minimum Gasteiger partial charge on any atom is -0.335 e. The highest BCUT2D eigenvalue weighted by Crippen LogP contribution is 2.22. The van der Waals surface area contributed by atoms with Gasteiger partial charge in [-0.3, -0.25) is 9.58 Å². The Labute approximate surface area is 133 Å². The first-order chi connectivity index (χ1) is 10.8. The van der Waals surface area contributed by atoms with E-state index in [4.69, 9.17) is 0 Å². The average molecular weight is 301 g/mol. The largest absolute Gasteiger partial charge is 0.335 e. The van der Waals surface area contributed by atoms with E-state index in [0.717, 1.165) is 25.5 Å². The molecule has 1 fully saturated rings. The van der Waals surface area contributed by atoms with Crippen molar-refractivity contribution in [2.45, 2.75) is 65.2 Å². The van der Waals surface area contributed by atoms with Gasteiger partial charge in [-0.25, -0.2) is 4.98 Å². The van der Waals surface area contributed by atoms with Gasteiger partial charge in [0, 0.05) is 44.3 Å². The fraction of sp³-hybridized carbons (Fsp3) is 0.647. The molecule has 1 aliphatic rings. The van der Waals surface area contributed by atoms with Crippen LogP contribution in [0.3, 0.4) is 0 Å². The van der Waals surface area contributed by atoms with Gasteiger partial charge in [0.1, 0.15) is 5.82 Å². The van der Waals surface area contributed by atoms with E-state index in [1.165, 1.54) is 37.9 Å². The number of aromatic nitrogens is 4. The molecule has 0 bridgehead atoms. The summed E-state index contributed by atoms with van der Waals surface area (Å²) in [6.45, 7) is 8.41. The zero-order valence-corrected chi connectivity index (χ0v) is 13.8. The van der Waals surface area contributed by atoms with E-state index in [1.54, 1.807) is 0 Å². The second-order valence-electron chi connectivity index (χ2n) is 6.24. The summed E-state index contributed by atoms with van der Waals surface area (Å²) >= 11 is 0. The number of piperidine rings is 1. The van der Waals surface area contributed by atoms with Crippen molar-refractivity contribution in [3.05, 3.63) is 36.2 Å². The van der Waals surface area contributed by atoms with Crippen LogP contribution in [-0.2, 0) is 19.6 Å². The quantitative estimate of drug-likeness (QED) is 0.823. The zero-order chi connectivity index (χ0) is 15.4. The maximum Gasteiger partial charge on any atom is 0.105 e. The van der Waals surface area contributed by atoms with E-state index in [0.29, 0.717) is 6.04 Å². The Kier molecular flexibility index (Phi) is 4.93. The summed E-state index contributed by atoms with van der Waals surface area (Å²) in [6.07, 6.45) is 11.2. The zero-order valence-electron chi connectivity index (χ0n) is 13.8. The van der Waals surface area contributed by atoms with Crippen LogP contribution in [-0.4, -0.2) is 36.8 Å². The van der Waals surface area contributed by atoms with Crippen molar-refractivity contribution in [2.24, 2.45) is 0 Å². The molecular weight excluding hydrogens is 274 g/mol. The Morgan fingerprint density at radius 1 is 1.27 bits per heavy atom. The summed E-state index contributed by atoms with van der Waals surface area (Å²) in [4.78, 5) is 6.94. The van der Waals surface area contributed by atoms with Gasteiger partial charge in [-0.15, -0.1) is 0 Å². The lowest BCUT2D eigenvalue weighted by molar-refractivity contribution is 0.126. The molecule has 1 saturated heterocycles. The summed E-state index contributed by atoms with van der Waals surface area (Å²) in [7, 11) is 0. The molecule has 1 atom stereocenters. The van der Waals surface area contributed by atoms with Crippen molar-refractivity contribution in [2.75, 3.05) is 6.54 Å². The van der Waals surface area contributed by atoms with Gasteiger partial charge in [-0.05, 0) is 45.7 Å². The highest BCUT2D eigenvalue weighted by Gasteiger charge is 2.23. The first kappa shape index (κ1) is 15.3. The third-order valence-electron chi connectivity index (χ3n) is 4.76. The minimum absolute atomic E-state index is 0.669. The van der Waals surface area contributed by atoms with Gasteiger partial charge in [-0.2, -0.15) is 5.10 Å². The number of nitrogens with zero attached hydrogens (tertiary/aromatic N) is 5. The summed E-state index contributed by atoms with van der Waals surface area (Å²) in [5.41, 5.74) is 1.20. The van der Waals surface area contributed by atoms with Gasteiger partial charge >= 0.3 is 0 Å². The molecule has 3 rings (SSSR count). The van der Waals surface area contributed by atoms with Crippen LogP contribution in [0.25, 0.3) is 0 Å². The minimum atomic E-state index is 0.669. The van der Waals surface area contributed by atoms with Gasteiger partial charge in [0.05, 0.1) is 5.69 Å². The molecule has 0 amide bonds. The molecule has 22 heavy (non-hydrogen) atoms. The van der Waals surface area contributed by atoms with Crippen molar-refractivity contribution in [3.8, 4) is 0 Å². The molecule has 1 aliphatic heterocycles. The summed E-state index contributed by atoms with van der Waals surface area (Å²) in [5, 5.41) is 4.64. The van der Waals surface area contributed by atoms with E-state index < -0.39 is 0 Å². The SMILES string of the molecule is CCn1ccc(CN2CCCCC2CCn2ccnc2C)n1. The first-order valence-corrected chi connectivity index (χ1v) is 8.50. The second-order valence-corrected chi connectivity index (χ2v) is 6.24. The van der Waals surface area contributed by atoms with Crippen molar-refractivity contribution in [1.82, 2.24) is 24.2 Å². The molecule has 0 spiro atoms. The van der Waals surface area contributed by atoms with Crippen LogP contribution in [0.2, 0.25) is 0 Å². The molecule has 5 heteroatoms. The normalized spacial score (nSPS) is 19.6. The van der Waals surface area contributed by atoms with Crippen LogP contribution < -0.4 is 0 Å². The van der Waals surface area contributed by atoms with Gasteiger partial charge < -0.3 is 4.57 Å². The highest BCUT2D eigenvalue weighted by molar-refractivity contribution is 5.00. The second kappa shape index (κ2) is 7.09. The highest BCUT2D eigenvalue weighted by atomic mass is 15.3. The van der Waals surface area contributed by atoms with Gasteiger partial charge in [0.2, 0.25) is 0 Å². The smallest absolute Gasteiger partial charge is 0.105 e. The Morgan fingerprint density at radius 3 is 2.91 bits per heavy atom. The fourth-order valence-electron chi connectivity index (χ4n) is 3.40. The molecule has 120 valence electrons. The van der Waals surface area contributed by atoms with Crippen molar-refractivity contribution >= 4 is 0 Å². The number of hydrogen-bond acceptors (Lipinski definition) is 3. The van der Waals surface area contributed by atoms with Gasteiger partial charge in [-0.1, -0.05) is 6.42 Å². The predicted octanol–water partition coefficient (Wildman–Crippen LogP) is 2.85. The standard InChI is InChI=1S/C17H27N5/c1-3-22-12-7-16(19-22)14-21-10-5-4-6-17(21)8-11-20-13-9-18-15(20)2/h7,9,12-13,17H,3-6,8,10-11,14H2,1-2H3. The maximum absolute atomic E-state index is 4.64. The lowest BCUT2D eigenvalue weighted by Crippen LogP contribution is -2.39. The van der Waals surface area contributed by atoms with E-state index in [1.807, 2.05) is 10.9 Å². The number of aryl methyl sites for hydroxylation is 3. The van der Waals surface area contributed by atoms with Crippen LogP contribution in [0.1, 0.15) is 44.1 Å². The van der Waals surface area contributed by atoms with Crippen LogP contribution in [0.5, 0.6) is 0 Å². The van der Waals surface area contributed by atoms with Crippen molar-refractivity contribution in [1.29, 1.82) is 0 Å². The Morgan fingerprint density at radius 2 is 2.18 bits per heavy atom. The van der Waals surface area contributed by atoms with E-state index >= 15 is 0 Å². The van der Waals surface area contributed by atoms with E-state index in [2.05, 4.69) is 51.9 Å². The number of rotatable bonds is 6. The monoisotopic (exact) mass is 301 g/mol. The summed E-state index contributed by atoms with van der Waals surface area (Å²) in [5.74, 6) is 1.11. The lowest BCUT2D eigenvalue weighted by atomic mass is 9.99.